The van der Waals surface area contributed by atoms with Gasteiger partial charge in [-0.2, -0.15) is 0 Å². The fourth-order valence-electron chi connectivity index (χ4n) is 4.96. The smallest absolute Gasteiger partial charge is 0.336 e. The van der Waals surface area contributed by atoms with Gasteiger partial charge in [-0.1, -0.05) is 42.5 Å². The van der Waals surface area contributed by atoms with E-state index in [1.54, 1.807) is 24.3 Å². The summed E-state index contributed by atoms with van der Waals surface area (Å²) in [5.74, 6) is -0.334. The van der Waals surface area contributed by atoms with E-state index in [2.05, 4.69) is 0 Å². The molecule has 0 bridgehead atoms. The molecule has 7 nitrogen and oxygen atoms in total. The van der Waals surface area contributed by atoms with Gasteiger partial charge in [-0.05, 0) is 48.4 Å². The minimum absolute atomic E-state index is 0.0850. The van der Waals surface area contributed by atoms with Crippen LogP contribution in [0.4, 0.5) is 0 Å². The minimum atomic E-state index is -1.00. The number of fused-ring (bicyclic) bond motifs is 3. The van der Waals surface area contributed by atoms with E-state index in [9.17, 15) is 14.4 Å². The topological polar surface area (TPSA) is 107 Å². The van der Waals surface area contributed by atoms with Gasteiger partial charge in [0.05, 0.1) is 23.3 Å². The molecule has 3 aromatic carbocycles. The Bertz CT molecular complexity index is 1740. The van der Waals surface area contributed by atoms with E-state index < -0.39 is 23.5 Å². The van der Waals surface area contributed by atoms with Crippen molar-refractivity contribution in [3.05, 3.63) is 112 Å². The van der Waals surface area contributed by atoms with Crippen LogP contribution in [0.25, 0.3) is 33.4 Å². The Hall–Kier alpha value is -4.91. The fraction of sp³-hybridized carbons (Fsp3) is 0.100. The maximum Gasteiger partial charge on any atom is 0.336 e. The van der Waals surface area contributed by atoms with Crippen LogP contribution in [0.2, 0.25) is 0 Å². The van der Waals surface area contributed by atoms with E-state index in [-0.39, 0.29) is 12.0 Å². The van der Waals surface area contributed by atoms with Crippen molar-refractivity contribution in [1.82, 2.24) is 0 Å². The lowest BCUT2D eigenvalue weighted by Gasteiger charge is -2.26. The first kappa shape index (κ1) is 22.5. The number of carboxylic acid groups (broad SMARTS) is 1. The normalized spacial score (nSPS) is 14.8. The number of hydrogen-bond donors (Lipinski definition) is 1. The summed E-state index contributed by atoms with van der Waals surface area (Å²) in [7, 11) is 0. The zero-order valence-corrected chi connectivity index (χ0v) is 19.7. The van der Waals surface area contributed by atoms with Crippen LogP contribution in [0, 0.1) is 6.92 Å². The molecule has 1 atom stereocenters. The molecule has 6 rings (SSSR count). The van der Waals surface area contributed by atoms with Gasteiger partial charge in [0.25, 0.3) is 0 Å². The van der Waals surface area contributed by atoms with Gasteiger partial charge in [-0.25, -0.2) is 9.59 Å². The van der Waals surface area contributed by atoms with Crippen LogP contribution in [0.15, 0.2) is 92.5 Å². The van der Waals surface area contributed by atoms with Gasteiger partial charge in [0.2, 0.25) is 0 Å². The van der Waals surface area contributed by atoms with Crippen molar-refractivity contribution in [2.24, 2.45) is 0 Å². The predicted octanol–water partition coefficient (Wildman–Crippen LogP) is 6.17. The number of carboxylic acids is 1. The molecule has 3 heterocycles. The number of benzene rings is 3. The number of carbonyl (C=O) groups is 2. The van der Waals surface area contributed by atoms with E-state index in [0.29, 0.717) is 33.8 Å². The fourth-order valence-corrected chi connectivity index (χ4v) is 4.96. The van der Waals surface area contributed by atoms with Crippen LogP contribution >= 0.6 is 0 Å². The molecule has 2 aromatic heterocycles. The third-order valence-electron chi connectivity index (χ3n) is 6.64. The van der Waals surface area contributed by atoms with Crippen molar-refractivity contribution >= 4 is 22.9 Å². The number of rotatable bonds is 4. The number of hydrogen-bond acceptors (Lipinski definition) is 6. The van der Waals surface area contributed by atoms with E-state index in [4.69, 9.17) is 18.7 Å². The van der Waals surface area contributed by atoms with Crippen LogP contribution in [-0.4, -0.2) is 17.0 Å². The van der Waals surface area contributed by atoms with Gasteiger partial charge >= 0.3 is 17.6 Å². The highest BCUT2D eigenvalue weighted by Crippen LogP contribution is 2.47. The summed E-state index contributed by atoms with van der Waals surface area (Å²) in [6.07, 6.45) is 0.0850. The monoisotopic (exact) mass is 492 g/mol. The first-order valence-corrected chi connectivity index (χ1v) is 11.7. The molecule has 0 saturated heterocycles. The molecule has 37 heavy (non-hydrogen) atoms. The number of furan rings is 1. The van der Waals surface area contributed by atoms with Crippen LogP contribution in [0.5, 0.6) is 5.75 Å². The van der Waals surface area contributed by atoms with E-state index in [0.717, 1.165) is 22.3 Å². The van der Waals surface area contributed by atoms with Crippen molar-refractivity contribution in [1.29, 1.82) is 0 Å². The summed E-state index contributed by atoms with van der Waals surface area (Å²) in [6.45, 7) is 1.88. The molecule has 0 saturated carbocycles. The van der Waals surface area contributed by atoms with Crippen molar-refractivity contribution in [2.45, 2.75) is 19.3 Å². The van der Waals surface area contributed by atoms with Crippen LogP contribution in [0.1, 0.15) is 39.6 Å². The number of aromatic carboxylic acids is 1. The third kappa shape index (κ3) is 3.90. The number of aryl methyl sites for hydroxylation is 1. The summed E-state index contributed by atoms with van der Waals surface area (Å²) < 4.78 is 17.5. The molecule has 0 aliphatic carbocycles. The van der Waals surface area contributed by atoms with Gasteiger partial charge in [0.1, 0.15) is 22.9 Å². The lowest BCUT2D eigenvalue weighted by atomic mass is 9.85. The summed E-state index contributed by atoms with van der Waals surface area (Å²) in [5, 5.41) is 9.71. The second-order valence-corrected chi connectivity index (χ2v) is 8.97. The van der Waals surface area contributed by atoms with Gasteiger partial charge in [-0.15, -0.1) is 0 Å². The quantitative estimate of drug-likeness (QED) is 0.182. The summed E-state index contributed by atoms with van der Waals surface area (Å²) in [6, 6.07) is 22.6. The predicted molar refractivity (Wildman–Crippen MR) is 136 cm³/mol. The highest BCUT2D eigenvalue weighted by molar-refractivity contribution is 6.01. The van der Waals surface area contributed by atoms with E-state index in [1.807, 2.05) is 43.3 Å². The van der Waals surface area contributed by atoms with Crippen LogP contribution in [0.3, 0.4) is 0 Å². The molecule has 0 spiro atoms. The molecule has 182 valence electrons. The van der Waals surface area contributed by atoms with Gasteiger partial charge < -0.3 is 18.7 Å². The Morgan fingerprint density at radius 1 is 0.892 bits per heavy atom. The largest absolute Gasteiger partial charge is 0.478 e. The zero-order chi connectivity index (χ0) is 25.7. The Kier molecular flexibility index (Phi) is 5.26. The summed E-state index contributed by atoms with van der Waals surface area (Å²) in [4.78, 5) is 36.4. The third-order valence-corrected chi connectivity index (χ3v) is 6.64. The summed E-state index contributed by atoms with van der Waals surface area (Å²) >= 11 is 0. The second-order valence-electron chi connectivity index (χ2n) is 8.97. The van der Waals surface area contributed by atoms with Crippen molar-refractivity contribution in [2.75, 3.05) is 0 Å². The standard InChI is InChI=1S/C30H20O7/c1-16-13-24-28(20(14-25(31)36-24)17-5-3-2-4-6-17)29-27(16)21(15-26(32)37-29)23-12-11-22(35-23)18-7-9-19(10-8-18)30(33)34/h2-14,21H,15H2,1H3,(H,33,34). The Labute approximate surface area is 210 Å². The van der Waals surface area contributed by atoms with Crippen molar-refractivity contribution in [3.8, 4) is 28.2 Å². The zero-order valence-electron chi connectivity index (χ0n) is 19.7. The minimum Gasteiger partial charge on any atom is -0.478 e. The van der Waals surface area contributed by atoms with Gasteiger partial charge in [0.15, 0.2) is 0 Å². The van der Waals surface area contributed by atoms with Crippen LogP contribution < -0.4 is 10.4 Å². The SMILES string of the molecule is Cc1cc2oc(=O)cc(-c3ccccc3)c2c2c1C(c1ccc(-c3ccc(C(=O)O)cc3)o1)CC(=O)O2. The molecule has 0 fully saturated rings. The molecule has 0 amide bonds. The van der Waals surface area contributed by atoms with E-state index in [1.165, 1.54) is 18.2 Å². The lowest BCUT2D eigenvalue weighted by molar-refractivity contribution is -0.135. The highest BCUT2D eigenvalue weighted by Gasteiger charge is 2.35. The maximum absolute atomic E-state index is 12.8. The first-order valence-electron chi connectivity index (χ1n) is 11.7. The lowest BCUT2D eigenvalue weighted by Crippen LogP contribution is -2.22. The Balaban J connectivity index is 1.51. The number of ether oxygens (including phenoxy) is 1. The molecule has 1 aliphatic heterocycles. The molecule has 7 heteroatoms. The molecule has 5 aromatic rings. The van der Waals surface area contributed by atoms with Crippen molar-refractivity contribution in [3.63, 3.8) is 0 Å². The first-order chi connectivity index (χ1) is 17.9. The Morgan fingerprint density at radius 2 is 1.65 bits per heavy atom. The number of carbonyl (C=O) groups excluding carboxylic acids is 1. The van der Waals surface area contributed by atoms with Gasteiger partial charge in [0, 0.05) is 22.8 Å². The Morgan fingerprint density at radius 3 is 2.38 bits per heavy atom. The average Bonchev–Trinajstić information content (AvgIpc) is 3.38. The number of esters is 1. The average molecular weight is 492 g/mol. The van der Waals surface area contributed by atoms with Crippen molar-refractivity contribution < 1.29 is 28.3 Å². The molecular formula is C30H20O7. The highest BCUT2D eigenvalue weighted by atomic mass is 16.5. The maximum atomic E-state index is 12.8. The molecule has 1 N–H and O–H groups in total. The molecule has 1 unspecified atom stereocenters. The van der Waals surface area contributed by atoms with Gasteiger partial charge in [-0.3, -0.25) is 4.79 Å². The van der Waals surface area contributed by atoms with E-state index >= 15 is 0 Å². The molecular weight excluding hydrogens is 472 g/mol. The van der Waals surface area contributed by atoms with Crippen LogP contribution in [-0.2, 0) is 4.79 Å². The molecule has 0 radical (unpaired) electrons. The second kappa shape index (κ2) is 8.64. The summed E-state index contributed by atoms with van der Waals surface area (Å²) in [5.41, 5.74) is 3.77. The molecule has 1 aliphatic rings.